The molecule has 0 saturated heterocycles. The fraction of sp³-hybridized carbons (Fsp3) is 0.222. The third-order valence-corrected chi connectivity index (χ3v) is 1.77. The summed E-state index contributed by atoms with van der Waals surface area (Å²) in [7, 11) is 0. The van der Waals surface area contributed by atoms with Crippen LogP contribution in [0.5, 0.6) is 0 Å². The normalized spacial score (nSPS) is 11.7. The van der Waals surface area contributed by atoms with Crippen LogP contribution >= 0.6 is 0 Å². The zero-order chi connectivity index (χ0) is 10.6. The van der Waals surface area contributed by atoms with Gasteiger partial charge >= 0.3 is 5.97 Å². The number of rotatable bonds is 3. The molecular formula is C9H9N3O2. The van der Waals surface area contributed by atoms with Gasteiger partial charge in [0, 0.05) is 18.4 Å². The average molecular weight is 191 g/mol. The molecule has 3 N–H and O–H groups in total. The molecule has 72 valence electrons. The number of carbonyl (C=O) groups is 1. The number of hydrogen-bond acceptors (Lipinski definition) is 4. The summed E-state index contributed by atoms with van der Waals surface area (Å²) in [5, 5.41) is 17.2. The van der Waals surface area contributed by atoms with E-state index in [9.17, 15) is 4.79 Å². The van der Waals surface area contributed by atoms with Gasteiger partial charge in [0.2, 0.25) is 0 Å². The number of aliphatic carboxylic acids is 1. The van der Waals surface area contributed by atoms with Crippen molar-refractivity contribution in [3.63, 3.8) is 0 Å². The molecule has 14 heavy (non-hydrogen) atoms. The molecule has 1 atom stereocenters. The summed E-state index contributed by atoms with van der Waals surface area (Å²) in [4.78, 5) is 14.2. The highest BCUT2D eigenvalue weighted by atomic mass is 16.4. The third kappa shape index (κ3) is 2.28. The second-order valence-corrected chi connectivity index (χ2v) is 2.78. The number of nitrogens with zero attached hydrogens (tertiary/aromatic N) is 2. The largest absolute Gasteiger partial charge is 0.481 e. The smallest absolute Gasteiger partial charge is 0.305 e. The number of aromatic nitrogens is 1. The van der Waals surface area contributed by atoms with Gasteiger partial charge in [-0.15, -0.1) is 0 Å². The molecule has 1 rings (SSSR count). The summed E-state index contributed by atoms with van der Waals surface area (Å²) >= 11 is 0. The highest BCUT2D eigenvalue weighted by Crippen LogP contribution is 2.16. The fourth-order valence-electron chi connectivity index (χ4n) is 1.12. The van der Waals surface area contributed by atoms with Crippen molar-refractivity contribution >= 4 is 5.97 Å². The Hall–Kier alpha value is -1.93. The van der Waals surface area contributed by atoms with E-state index in [0.717, 1.165) is 0 Å². The second kappa shape index (κ2) is 4.35. The minimum Gasteiger partial charge on any atom is -0.481 e. The predicted molar refractivity (Wildman–Crippen MR) is 48.1 cm³/mol. The molecule has 0 amide bonds. The molecule has 1 aromatic heterocycles. The first-order valence-corrected chi connectivity index (χ1v) is 3.96. The Kier molecular flexibility index (Phi) is 3.15. The molecule has 0 fully saturated rings. The number of hydrogen-bond donors (Lipinski definition) is 2. The molecule has 0 aliphatic carbocycles. The van der Waals surface area contributed by atoms with E-state index in [1.165, 1.54) is 12.4 Å². The summed E-state index contributed by atoms with van der Waals surface area (Å²) in [6, 6.07) is 2.81. The van der Waals surface area contributed by atoms with Crippen LogP contribution in [0.2, 0.25) is 0 Å². The molecule has 0 aliphatic heterocycles. The zero-order valence-electron chi connectivity index (χ0n) is 7.34. The quantitative estimate of drug-likeness (QED) is 0.721. The molecule has 1 heterocycles. The van der Waals surface area contributed by atoms with Gasteiger partial charge in [0.15, 0.2) is 0 Å². The highest BCUT2D eigenvalue weighted by molar-refractivity contribution is 5.68. The third-order valence-electron chi connectivity index (χ3n) is 1.77. The number of carboxylic acids is 1. The Morgan fingerprint density at radius 2 is 2.50 bits per heavy atom. The summed E-state index contributed by atoms with van der Waals surface area (Å²) in [5.74, 6) is -0.988. The molecule has 0 spiro atoms. The maximum Gasteiger partial charge on any atom is 0.305 e. The van der Waals surface area contributed by atoms with E-state index < -0.39 is 12.0 Å². The van der Waals surface area contributed by atoms with Crippen molar-refractivity contribution < 1.29 is 9.90 Å². The highest BCUT2D eigenvalue weighted by Gasteiger charge is 2.13. The van der Waals surface area contributed by atoms with Crippen LogP contribution in [0.15, 0.2) is 18.5 Å². The summed E-state index contributed by atoms with van der Waals surface area (Å²) < 4.78 is 0. The molecule has 0 unspecified atom stereocenters. The molecule has 0 bridgehead atoms. The van der Waals surface area contributed by atoms with Crippen molar-refractivity contribution in [2.24, 2.45) is 5.73 Å². The van der Waals surface area contributed by atoms with E-state index in [1.54, 1.807) is 6.07 Å². The average Bonchev–Trinajstić information content (AvgIpc) is 2.16. The van der Waals surface area contributed by atoms with Gasteiger partial charge in [-0.1, -0.05) is 0 Å². The predicted octanol–water partition coefficient (Wildman–Crippen LogP) is 0.428. The van der Waals surface area contributed by atoms with Gasteiger partial charge < -0.3 is 10.8 Å². The van der Waals surface area contributed by atoms with E-state index in [2.05, 4.69) is 4.98 Å². The summed E-state index contributed by atoms with van der Waals surface area (Å²) in [6.07, 6.45) is 2.66. The fourth-order valence-corrected chi connectivity index (χ4v) is 1.12. The first kappa shape index (κ1) is 10.2. The van der Waals surface area contributed by atoms with Crippen molar-refractivity contribution in [1.82, 2.24) is 4.98 Å². The van der Waals surface area contributed by atoms with E-state index >= 15 is 0 Å². The standard InChI is InChI=1S/C9H9N3O2/c10-4-6-5-12-2-1-7(6)8(11)3-9(13)14/h1-2,5,8H,3,11H2,(H,13,14)/t8-/m1/s1. The van der Waals surface area contributed by atoms with Gasteiger partial charge in [0.25, 0.3) is 0 Å². The Balaban J connectivity index is 2.95. The van der Waals surface area contributed by atoms with Crippen LogP contribution in [0.4, 0.5) is 0 Å². The molecule has 1 aromatic rings. The van der Waals surface area contributed by atoms with Crippen LogP contribution in [0.3, 0.4) is 0 Å². The summed E-state index contributed by atoms with van der Waals surface area (Å²) in [5.41, 5.74) is 6.45. The van der Waals surface area contributed by atoms with Gasteiger partial charge in [0.05, 0.1) is 12.0 Å². The lowest BCUT2D eigenvalue weighted by Crippen LogP contribution is -2.16. The van der Waals surface area contributed by atoms with Crippen LogP contribution in [-0.4, -0.2) is 16.1 Å². The molecular weight excluding hydrogens is 182 g/mol. The Morgan fingerprint density at radius 3 is 3.07 bits per heavy atom. The van der Waals surface area contributed by atoms with Gasteiger partial charge in [-0.3, -0.25) is 9.78 Å². The minimum atomic E-state index is -0.988. The zero-order valence-corrected chi connectivity index (χ0v) is 7.34. The van der Waals surface area contributed by atoms with Crippen molar-refractivity contribution in [3.8, 4) is 6.07 Å². The Bertz CT molecular complexity index is 384. The number of nitriles is 1. The Labute approximate surface area is 80.8 Å². The van der Waals surface area contributed by atoms with Gasteiger partial charge in [-0.25, -0.2) is 0 Å². The van der Waals surface area contributed by atoms with Crippen LogP contribution in [-0.2, 0) is 4.79 Å². The number of nitrogens with two attached hydrogens (primary N) is 1. The molecule has 0 saturated carbocycles. The lowest BCUT2D eigenvalue weighted by molar-refractivity contribution is -0.137. The SMILES string of the molecule is N#Cc1cnccc1[C@H](N)CC(=O)O. The van der Waals surface area contributed by atoms with Crippen LogP contribution in [0.25, 0.3) is 0 Å². The van der Waals surface area contributed by atoms with Crippen molar-refractivity contribution in [2.45, 2.75) is 12.5 Å². The Morgan fingerprint density at radius 1 is 1.79 bits per heavy atom. The maximum atomic E-state index is 10.4. The van der Waals surface area contributed by atoms with Crippen LogP contribution in [0.1, 0.15) is 23.6 Å². The summed E-state index contributed by atoms with van der Waals surface area (Å²) in [6.45, 7) is 0. The topological polar surface area (TPSA) is 100 Å². The van der Waals surface area contributed by atoms with E-state index in [-0.39, 0.29) is 6.42 Å². The van der Waals surface area contributed by atoms with E-state index in [0.29, 0.717) is 11.1 Å². The van der Waals surface area contributed by atoms with Crippen molar-refractivity contribution in [3.05, 3.63) is 29.6 Å². The second-order valence-electron chi connectivity index (χ2n) is 2.78. The van der Waals surface area contributed by atoms with E-state index in [1.807, 2.05) is 6.07 Å². The number of pyridine rings is 1. The van der Waals surface area contributed by atoms with Crippen LogP contribution in [0, 0.1) is 11.3 Å². The van der Waals surface area contributed by atoms with Crippen molar-refractivity contribution in [1.29, 1.82) is 5.26 Å². The lowest BCUT2D eigenvalue weighted by Gasteiger charge is -2.09. The number of carboxylic acid groups (broad SMARTS) is 1. The first-order chi connectivity index (χ1) is 6.65. The minimum absolute atomic E-state index is 0.196. The van der Waals surface area contributed by atoms with Gasteiger partial charge in [-0.2, -0.15) is 5.26 Å². The molecule has 5 heteroatoms. The van der Waals surface area contributed by atoms with Crippen molar-refractivity contribution in [2.75, 3.05) is 0 Å². The lowest BCUT2D eigenvalue weighted by atomic mass is 10.0. The monoisotopic (exact) mass is 191 g/mol. The molecule has 0 radical (unpaired) electrons. The van der Waals surface area contributed by atoms with Gasteiger partial charge in [-0.05, 0) is 11.6 Å². The molecule has 0 aromatic carbocycles. The van der Waals surface area contributed by atoms with Crippen LogP contribution < -0.4 is 5.73 Å². The van der Waals surface area contributed by atoms with E-state index in [4.69, 9.17) is 16.1 Å². The maximum absolute atomic E-state index is 10.4. The molecule has 5 nitrogen and oxygen atoms in total. The van der Waals surface area contributed by atoms with Gasteiger partial charge in [0.1, 0.15) is 6.07 Å². The first-order valence-electron chi connectivity index (χ1n) is 3.96. The molecule has 0 aliphatic rings.